The second kappa shape index (κ2) is 4.51. The minimum atomic E-state index is 0.430. The lowest BCUT2D eigenvalue weighted by Crippen LogP contribution is -2.05. The van der Waals surface area contributed by atoms with E-state index in [0.29, 0.717) is 17.3 Å². The van der Waals surface area contributed by atoms with Crippen LogP contribution in [0.4, 0.5) is 5.82 Å². The number of aryl methyl sites for hydroxylation is 1. The molecule has 0 aliphatic carbocycles. The van der Waals surface area contributed by atoms with Gasteiger partial charge in [-0.3, -0.25) is 0 Å². The molecule has 3 rings (SSSR count). The smallest absolute Gasteiger partial charge is 0.159 e. The highest BCUT2D eigenvalue weighted by atomic mass is 35.5. The number of rotatable bonds is 3. The van der Waals surface area contributed by atoms with Crippen LogP contribution >= 0.6 is 22.9 Å². The summed E-state index contributed by atoms with van der Waals surface area (Å²) in [7, 11) is 0. The third-order valence-corrected chi connectivity index (χ3v) is 3.35. The van der Waals surface area contributed by atoms with Gasteiger partial charge in [-0.15, -0.1) is 10.2 Å². The van der Waals surface area contributed by atoms with Crippen LogP contribution in [0.3, 0.4) is 0 Å². The van der Waals surface area contributed by atoms with E-state index >= 15 is 0 Å². The van der Waals surface area contributed by atoms with Gasteiger partial charge in [-0.2, -0.15) is 9.61 Å². The van der Waals surface area contributed by atoms with Gasteiger partial charge in [-0.25, -0.2) is 4.98 Å². The van der Waals surface area contributed by atoms with Crippen LogP contribution in [0.2, 0.25) is 5.15 Å². The van der Waals surface area contributed by atoms with E-state index < -0.39 is 0 Å². The highest BCUT2D eigenvalue weighted by molar-refractivity contribution is 7.11. The van der Waals surface area contributed by atoms with E-state index in [1.807, 2.05) is 6.92 Å². The Kier molecular flexibility index (Phi) is 2.85. The first kappa shape index (κ1) is 11.4. The summed E-state index contributed by atoms with van der Waals surface area (Å²) >= 11 is 7.50. The molecule has 1 N–H and O–H groups in total. The van der Waals surface area contributed by atoms with E-state index in [4.69, 9.17) is 11.6 Å². The molecule has 0 spiro atoms. The topological polar surface area (TPSA) is 68.0 Å². The van der Waals surface area contributed by atoms with Crippen molar-refractivity contribution in [2.45, 2.75) is 13.5 Å². The predicted molar refractivity (Wildman–Crippen MR) is 70.0 cm³/mol. The fourth-order valence-corrected chi connectivity index (χ4v) is 2.42. The van der Waals surface area contributed by atoms with Crippen LogP contribution in [0.15, 0.2) is 18.3 Å². The Bertz CT molecular complexity index is 691. The fourth-order valence-electron chi connectivity index (χ4n) is 1.58. The van der Waals surface area contributed by atoms with E-state index in [9.17, 15) is 0 Å². The fraction of sp³-hybridized carbons (Fsp3) is 0.200. The normalized spacial score (nSPS) is 11.0. The van der Waals surface area contributed by atoms with Gasteiger partial charge in [0.15, 0.2) is 5.65 Å². The first-order valence-electron chi connectivity index (χ1n) is 5.25. The number of fused-ring (bicyclic) bond motifs is 1. The first-order chi connectivity index (χ1) is 8.72. The Morgan fingerprint density at radius 3 is 3.11 bits per heavy atom. The van der Waals surface area contributed by atoms with Gasteiger partial charge < -0.3 is 5.32 Å². The monoisotopic (exact) mass is 280 g/mol. The van der Waals surface area contributed by atoms with Gasteiger partial charge in [0, 0.05) is 12.1 Å². The Morgan fingerprint density at radius 2 is 2.33 bits per heavy atom. The lowest BCUT2D eigenvalue weighted by atomic mass is 10.5. The van der Waals surface area contributed by atoms with Gasteiger partial charge in [0.2, 0.25) is 0 Å². The summed E-state index contributed by atoms with van der Waals surface area (Å²) < 4.78 is 1.69. The van der Waals surface area contributed by atoms with Gasteiger partial charge in [0.05, 0.1) is 12.7 Å². The van der Waals surface area contributed by atoms with Gasteiger partial charge in [0.25, 0.3) is 0 Å². The molecule has 0 bridgehead atoms. The molecule has 18 heavy (non-hydrogen) atoms. The van der Waals surface area contributed by atoms with Gasteiger partial charge in [-0.1, -0.05) is 22.9 Å². The highest BCUT2D eigenvalue weighted by Crippen LogP contribution is 2.17. The summed E-state index contributed by atoms with van der Waals surface area (Å²) in [6.45, 7) is 2.51. The molecule has 3 heterocycles. The van der Waals surface area contributed by atoms with Crippen molar-refractivity contribution < 1.29 is 0 Å². The number of hydrogen-bond donors (Lipinski definition) is 1. The largest absolute Gasteiger partial charge is 0.363 e. The lowest BCUT2D eigenvalue weighted by Gasteiger charge is -2.06. The second-order valence-electron chi connectivity index (χ2n) is 3.63. The Hall–Kier alpha value is -1.73. The molecule has 0 amide bonds. The van der Waals surface area contributed by atoms with Crippen LogP contribution in [-0.2, 0) is 6.54 Å². The Balaban J connectivity index is 1.87. The molecule has 0 atom stereocenters. The van der Waals surface area contributed by atoms with Crippen molar-refractivity contribution in [1.29, 1.82) is 0 Å². The molecule has 0 saturated carbocycles. The summed E-state index contributed by atoms with van der Waals surface area (Å²) in [6, 6.07) is 3.53. The molecule has 0 aliphatic rings. The molecule has 0 unspecified atom stereocenters. The summed E-state index contributed by atoms with van der Waals surface area (Å²) in [5.74, 6) is 0.780. The standard InChI is InChI=1S/C10H9ClN6S/c1-6-15-16-10(18-6)5-12-9-4-7(11)14-8-2-3-13-17(8)9/h2-4,12H,5H2,1H3. The number of nitrogens with one attached hydrogen (secondary N) is 1. The van der Waals surface area contributed by atoms with Gasteiger partial charge in [0.1, 0.15) is 21.0 Å². The quantitative estimate of drug-likeness (QED) is 0.745. The molecule has 0 fully saturated rings. The van der Waals surface area contributed by atoms with Crippen LogP contribution in [0.1, 0.15) is 10.0 Å². The predicted octanol–water partition coefficient (Wildman–Crippen LogP) is 2.15. The Morgan fingerprint density at radius 1 is 1.44 bits per heavy atom. The molecule has 0 aromatic carbocycles. The Labute approximate surface area is 112 Å². The molecule has 0 aliphatic heterocycles. The number of halogens is 1. The van der Waals surface area contributed by atoms with E-state index in [0.717, 1.165) is 15.8 Å². The van der Waals surface area contributed by atoms with Crippen LogP contribution < -0.4 is 5.32 Å². The summed E-state index contributed by atoms with van der Waals surface area (Å²) in [5, 5.41) is 17.7. The molecule has 8 heteroatoms. The average Bonchev–Trinajstić information content (AvgIpc) is 2.94. The SMILES string of the molecule is Cc1nnc(CNc2cc(Cl)nc3ccnn23)s1. The lowest BCUT2D eigenvalue weighted by molar-refractivity contribution is 0.911. The van der Waals surface area contributed by atoms with Crippen LogP contribution in [0.5, 0.6) is 0 Å². The van der Waals surface area contributed by atoms with E-state index in [2.05, 4.69) is 25.6 Å². The zero-order valence-corrected chi connectivity index (χ0v) is 11.0. The molecular formula is C10H9ClN6S. The average molecular weight is 281 g/mol. The first-order valence-corrected chi connectivity index (χ1v) is 6.45. The maximum absolute atomic E-state index is 5.95. The minimum Gasteiger partial charge on any atom is -0.363 e. The number of aromatic nitrogens is 5. The third-order valence-electron chi connectivity index (χ3n) is 2.32. The molecule has 3 aromatic rings. The maximum atomic E-state index is 5.95. The van der Waals surface area contributed by atoms with Crippen molar-refractivity contribution in [2.24, 2.45) is 0 Å². The molecule has 0 radical (unpaired) electrons. The van der Waals surface area contributed by atoms with Gasteiger partial charge >= 0.3 is 0 Å². The highest BCUT2D eigenvalue weighted by Gasteiger charge is 2.06. The number of nitrogens with zero attached hydrogens (tertiary/aromatic N) is 5. The van der Waals surface area contributed by atoms with Crippen molar-refractivity contribution in [1.82, 2.24) is 24.8 Å². The minimum absolute atomic E-state index is 0.430. The van der Waals surface area contributed by atoms with Crippen LogP contribution in [-0.4, -0.2) is 24.8 Å². The molecular weight excluding hydrogens is 272 g/mol. The van der Waals surface area contributed by atoms with Crippen molar-refractivity contribution in [3.05, 3.63) is 33.5 Å². The zero-order chi connectivity index (χ0) is 12.5. The van der Waals surface area contributed by atoms with E-state index in [1.165, 1.54) is 0 Å². The van der Waals surface area contributed by atoms with Crippen molar-refractivity contribution in [3.63, 3.8) is 0 Å². The number of hydrogen-bond acceptors (Lipinski definition) is 6. The summed E-state index contributed by atoms with van der Waals surface area (Å²) in [4.78, 5) is 4.16. The molecule has 0 saturated heterocycles. The zero-order valence-electron chi connectivity index (χ0n) is 9.46. The van der Waals surface area contributed by atoms with Crippen LogP contribution in [0.25, 0.3) is 5.65 Å². The molecule has 6 nitrogen and oxygen atoms in total. The second-order valence-corrected chi connectivity index (χ2v) is 5.29. The maximum Gasteiger partial charge on any atom is 0.159 e. The van der Waals surface area contributed by atoms with Crippen LogP contribution in [0, 0.1) is 6.92 Å². The van der Waals surface area contributed by atoms with Crippen molar-refractivity contribution in [2.75, 3.05) is 5.32 Å². The van der Waals surface area contributed by atoms with E-state index in [1.54, 1.807) is 34.2 Å². The number of anilines is 1. The van der Waals surface area contributed by atoms with E-state index in [-0.39, 0.29) is 0 Å². The van der Waals surface area contributed by atoms with Crippen molar-refractivity contribution in [3.8, 4) is 0 Å². The molecule has 3 aromatic heterocycles. The summed E-state index contributed by atoms with van der Waals surface area (Å²) in [5.41, 5.74) is 0.707. The summed E-state index contributed by atoms with van der Waals surface area (Å²) in [6.07, 6.45) is 1.68. The third kappa shape index (κ3) is 2.14. The van der Waals surface area contributed by atoms with Crippen molar-refractivity contribution >= 4 is 34.4 Å². The molecule has 92 valence electrons. The van der Waals surface area contributed by atoms with Gasteiger partial charge in [-0.05, 0) is 6.92 Å².